The van der Waals surface area contributed by atoms with Gasteiger partial charge in [0.25, 0.3) is 15.9 Å². The van der Waals surface area contributed by atoms with Crippen molar-refractivity contribution < 1.29 is 17.9 Å². The molecule has 3 aromatic carbocycles. The zero-order valence-corrected chi connectivity index (χ0v) is 19.3. The second kappa shape index (κ2) is 9.02. The number of amides is 1. The number of rotatable bonds is 6. The number of sulfonamides is 1. The quantitative estimate of drug-likeness (QED) is 0.526. The number of halogens is 1. The van der Waals surface area contributed by atoms with Crippen molar-refractivity contribution >= 4 is 31.9 Å². The molecule has 30 heavy (non-hydrogen) atoms. The van der Waals surface area contributed by atoms with E-state index in [0.717, 1.165) is 26.7 Å². The number of carbonyl (C=O) groups excluding carboxylic acids is 1. The van der Waals surface area contributed by atoms with Gasteiger partial charge in [-0.3, -0.25) is 4.79 Å². The van der Waals surface area contributed by atoms with Gasteiger partial charge in [0.2, 0.25) is 0 Å². The van der Waals surface area contributed by atoms with E-state index in [4.69, 9.17) is 4.74 Å². The van der Waals surface area contributed by atoms with E-state index in [1.807, 2.05) is 39.0 Å². The first-order valence-electron chi connectivity index (χ1n) is 9.28. The van der Waals surface area contributed by atoms with Crippen LogP contribution in [0.2, 0.25) is 0 Å². The van der Waals surface area contributed by atoms with Crippen LogP contribution in [0.15, 0.2) is 70.0 Å². The summed E-state index contributed by atoms with van der Waals surface area (Å²) in [6.45, 7) is 6.28. The van der Waals surface area contributed by atoms with Crippen LogP contribution >= 0.6 is 15.9 Å². The summed E-state index contributed by atoms with van der Waals surface area (Å²) < 4.78 is 33.8. The van der Waals surface area contributed by atoms with Crippen molar-refractivity contribution in [1.29, 1.82) is 0 Å². The van der Waals surface area contributed by atoms with Gasteiger partial charge in [0.15, 0.2) is 0 Å². The van der Waals surface area contributed by atoms with E-state index in [0.29, 0.717) is 12.4 Å². The zero-order chi connectivity index (χ0) is 21.9. The largest absolute Gasteiger partial charge is 0.489 e. The molecule has 156 valence electrons. The van der Waals surface area contributed by atoms with Crippen molar-refractivity contribution in [2.24, 2.45) is 0 Å². The van der Waals surface area contributed by atoms with Crippen LogP contribution in [0.3, 0.4) is 0 Å². The van der Waals surface area contributed by atoms with Crippen LogP contribution < -0.4 is 9.46 Å². The molecule has 3 rings (SSSR count). The maximum absolute atomic E-state index is 12.6. The lowest BCUT2D eigenvalue weighted by molar-refractivity contribution is 0.0981. The lowest BCUT2D eigenvalue weighted by atomic mass is 10.0. The number of ether oxygens (including phenoxy) is 1. The lowest BCUT2D eigenvalue weighted by Gasteiger charge is -2.14. The van der Waals surface area contributed by atoms with E-state index in [2.05, 4.69) is 20.7 Å². The molecule has 3 aromatic rings. The third-order valence-electron chi connectivity index (χ3n) is 4.82. The number of nitrogens with one attached hydrogen (secondary N) is 1. The minimum absolute atomic E-state index is 0.0117. The van der Waals surface area contributed by atoms with Crippen molar-refractivity contribution in [3.05, 3.63) is 93.0 Å². The number of carbonyl (C=O) groups is 1. The molecule has 0 spiro atoms. The normalized spacial score (nSPS) is 11.2. The summed E-state index contributed by atoms with van der Waals surface area (Å²) in [6.07, 6.45) is 0. The number of hydrogen-bond donors (Lipinski definition) is 1. The van der Waals surface area contributed by atoms with Gasteiger partial charge in [0.05, 0.1) is 4.90 Å². The predicted molar refractivity (Wildman–Crippen MR) is 120 cm³/mol. The Morgan fingerprint density at radius 2 is 1.57 bits per heavy atom. The summed E-state index contributed by atoms with van der Waals surface area (Å²) >= 11 is 3.26. The Labute approximate surface area is 185 Å². The molecule has 0 saturated heterocycles. The minimum Gasteiger partial charge on any atom is -0.489 e. The molecule has 0 aromatic heterocycles. The summed E-state index contributed by atoms with van der Waals surface area (Å²) in [5.41, 5.74) is 4.40. The highest BCUT2D eigenvalue weighted by molar-refractivity contribution is 9.10. The van der Waals surface area contributed by atoms with E-state index in [1.165, 1.54) is 12.1 Å². The van der Waals surface area contributed by atoms with Crippen molar-refractivity contribution in [3.63, 3.8) is 0 Å². The number of aryl methyl sites for hydroxylation is 3. The highest BCUT2D eigenvalue weighted by Gasteiger charge is 2.19. The van der Waals surface area contributed by atoms with Crippen LogP contribution in [0.4, 0.5) is 0 Å². The molecule has 0 atom stereocenters. The summed E-state index contributed by atoms with van der Waals surface area (Å²) in [5.74, 6) is -0.179. The molecule has 0 aliphatic carbocycles. The third-order valence-corrected chi connectivity index (χ3v) is 6.69. The van der Waals surface area contributed by atoms with Crippen molar-refractivity contribution in [1.82, 2.24) is 4.72 Å². The summed E-state index contributed by atoms with van der Waals surface area (Å²) in [7, 11) is -3.98. The Morgan fingerprint density at radius 3 is 2.20 bits per heavy atom. The van der Waals surface area contributed by atoms with Gasteiger partial charge in [-0.1, -0.05) is 40.2 Å². The molecular weight excluding hydrogens is 466 g/mol. The molecule has 0 aliphatic heterocycles. The fourth-order valence-corrected chi connectivity index (χ4v) is 4.22. The van der Waals surface area contributed by atoms with Gasteiger partial charge < -0.3 is 4.74 Å². The zero-order valence-electron chi connectivity index (χ0n) is 16.9. The van der Waals surface area contributed by atoms with Crippen LogP contribution in [-0.4, -0.2) is 14.3 Å². The molecule has 0 aliphatic rings. The van der Waals surface area contributed by atoms with Crippen LogP contribution in [0.1, 0.15) is 32.6 Å². The summed E-state index contributed by atoms with van der Waals surface area (Å²) in [5, 5.41) is 0. The standard InChI is InChI=1S/C23H22BrNO4S/c1-15-5-4-6-16(2)21(15)14-29-22-13-18(8-7-17(22)3)23(26)25-30(27,28)20-11-9-19(24)10-12-20/h4-13H,14H2,1-3H3,(H,25,26). The van der Waals surface area contributed by atoms with E-state index in [-0.39, 0.29) is 10.5 Å². The van der Waals surface area contributed by atoms with Gasteiger partial charge >= 0.3 is 0 Å². The molecule has 7 heteroatoms. The maximum Gasteiger partial charge on any atom is 0.265 e. The first kappa shape index (κ1) is 22.1. The molecule has 0 fully saturated rings. The average molecular weight is 488 g/mol. The topological polar surface area (TPSA) is 72.5 Å². The Kier molecular flexibility index (Phi) is 6.63. The van der Waals surface area contributed by atoms with E-state index < -0.39 is 15.9 Å². The minimum atomic E-state index is -3.98. The summed E-state index contributed by atoms with van der Waals surface area (Å²) in [6, 6.07) is 17.0. The maximum atomic E-state index is 12.6. The second-order valence-corrected chi connectivity index (χ2v) is 9.63. The second-order valence-electron chi connectivity index (χ2n) is 7.03. The Hall–Kier alpha value is -2.64. The van der Waals surface area contributed by atoms with Crippen LogP contribution in [0.5, 0.6) is 5.75 Å². The van der Waals surface area contributed by atoms with E-state index in [1.54, 1.807) is 30.3 Å². The first-order chi connectivity index (χ1) is 14.2. The monoisotopic (exact) mass is 487 g/mol. The molecule has 0 radical (unpaired) electrons. The van der Waals surface area contributed by atoms with Gasteiger partial charge in [0, 0.05) is 10.0 Å². The fraction of sp³-hybridized carbons (Fsp3) is 0.174. The Morgan fingerprint density at radius 1 is 0.933 bits per heavy atom. The molecule has 0 saturated carbocycles. The number of benzene rings is 3. The Balaban J connectivity index is 1.78. The molecule has 5 nitrogen and oxygen atoms in total. The smallest absolute Gasteiger partial charge is 0.265 e. The molecule has 0 heterocycles. The molecule has 1 amide bonds. The highest BCUT2D eigenvalue weighted by atomic mass is 79.9. The van der Waals surface area contributed by atoms with Gasteiger partial charge in [-0.05, 0) is 79.4 Å². The third kappa shape index (κ3) is 5.09. The lowest BCUT2D eigenvalue weighted by Crippen LogP contribution is -2.30. The van der Waals surface area contributed by atoms with Crippen LogP contribution in [-0.2, 0) is 16.6 Å². The number of hydrogen-bond acceptors (Lipinski definition) is 4. The molecule has 0 bridgehead atoms. The molecule has 0 unspecified atom stereocenters. The van der Waals surface area contributed by atoms with Crippen molar-refractivity contribution in [2.45, 2.75) is 32.3 Å². The fourth-order valence-electron chi connectivity index (χ4n) is 2.98. The SMILES string of the molecule is Cc1ccc(C(=O)NS(=O)(=O)c2ccc(Br)cc2)cc1OCc1c(C)cccc1C. The molecular formula is C23H22BrNO4S. The average Bonchev–Trinajstić information content (AvgIpc) is 2.68. The Bertz CT molecular complexity index is 1170. The van der Waals surface area contributed by atoms with E-state index >= 15 is 0 Å². The van der Waals surface area contributed by atoms with E-state index in [9.17, 15) is 13.2 Å². The van der Waals surface area contributed by atoms with Crippen molar-refractivity contribution in [3.8, 4) is 5.75 Å². The van der Waals surface area contributed by atoms with Crippen LogP contribution in [0, 0.1) is 20.8 Å². The highest BCUT2D eigenvalue weighted by Crippen LogP contribution is 2.23. The summed E-state index contributed by atoms with van der Waals surface area (Å²) in [4.78, 5) is 12.6. The van der Waals surface area contributed by atoms with Gasteiger partial charge in [-0.15, -0.1) is 0 Å². The first-order valence-corrected chi connectivity index (χ1v) is 11.6. The van der Waals surface area contributed by atoms with Crippen LogP contribution in [0.25, 0.3) is 0 Å². The van der Waals surface area contributed by atoms with Gasteiger partial charge in [-0.25, -0.2) is 13.1 Å². The van der Waals surface area contributed by atoms with Gasteiger partial charge in [0.1, 0.15) is 12.4 Å². The van der Waals surface area contributed by atoms with Crippen molar-refractivity contribution in [2.75, 3.05) is 0 Å². The predicted octanol–water partition coefficient (Wildman–Crippen LogP) is 5.07. The molecule has 1 N–H and O–H groups in total. The van der Waals surface area contributed by atoms with Gasteiger partial charge in [-0.2, -0.15) is 0 Å².